The summed E-state index contributed by atoms with van der Waals surface area (Å²) >= 11 is 1.74. The van der Waals surface area contributed by atoms with Gasteiger partial charge in [-0.25, -0.2) is 4.39 Å². The average Bonchev–Trinajstić information content (AvgIpc) is 3.07. The monoisotopic (exact) mass is 359 g/mol. The molecule has 132 valence electrons. The predicted octanol–water partition coefficient (Wildman–Crippen LogP) is 2.42. The van der Waals surface area contributed by atoms with E-state index in [9.17, 15) is 9.18 Å². The topological polar surface area (TPSA) is 24.8 Å². The highest BCUT2D eigenvalue weighted by molar-refractivity contribution is 7.99. The highest BCUT2D eigenvalue weighted by atomic mass is 32.2. The van der Waals surface area contributed by atoms with Gasteiger partial charge in [-0.1, -0.05) is 42.0 Å². The van der Waals surface area contributed by atoms with Crippen molar-refractivity contribution in [3.05, 3.63) is 71.0 Å². The van der Waals surface area contributed by atoms with E-state index in [1.807, 2.05) is 11.9 Å². The Morgan fingerprint density at radius 1 is 1.20 bits per heavy atom. The second-order valence-corrected chi connectivity index (χ2v) is 7.85. The molecule has 1 aliphatic rings. The van der Waals surface area contributed by atoms with Crippen LogP contribution in [0.2, 0.25) is 0 Å². The summed E-state index contributed by atoms with van der Waals surface area (Å²) in [5, 5.41) is 0.000255. The normalized spacial score (nSPS) is 18.4. The number of carbonyl (C=O) groups excluding carboxylic acids is 1. The second-order valence-electron chi connectivity index (χ2n) is 6.66. The van der Waals surface area contributed by atoms with Gasteiger partial charge in [-0.2, -0.15) is 0 Å². The minimum absolute atomic E-state index is 0.000255. The molecule has 1 unspecified atom stereocenters. The van der Waals surface area contributed by atoms with E-state index in [4.69, 9.17) is 0 Å². The number of benzene rings is 2. The van der Waals surface area contributed by atoms with Crippen LogP contribution < -0.4 is 4.90 Å². The van der Waals surface area contributed by atoms with E-state index < -0.39 is 0 Å². The molecule has 1 aliphatic heterocycles. The maximum atomic E-state index is 13.1. The number of carbonyl (C=O) groups is 1. The first-order chi connectivity index (χ1) is 12.0. The molecule has 2 atom stereocenters. The van der Waals surface area contributed by atoms with Gasteiger partial charge in [0.05, 0.1) is 7.05 Å². The largest absolute Gasteiger partial charge is 0.326 e. The lowest BCUT2D eigenvalue weighted by Crippen LogP contribution is -3.08. The molecule has 1 N–H and O–H groups in total. The fourth-order valence-electron chi connectivity index (χ4n) is 3.11. The Kier molecular flexibility index (Phi) is 5.76. The van der Waals surface area contributed by atoms with Gasteiger partial charge >= 0.3 is 0 Å². The van der Waals surface area contributed by atoms with Crippen LogP contribution in [0.25, 0.3) is 0 Å². The van der Waals surface area contributed by atoms with Gasteiger partial charge in [0.1, 0.15) is 17.7 Å². The maximum absolute atomic E-state index is 13.1. The van der Waals surface area contributed by atoms with E-state index >= 15 is 0 Å². The van der Waals surface area contributed by atoms with Crippen molar-refractivity contribution in [1.29, 1.82) is 0 Å². The number of rotatable bonds is 5. The molecule has 3 nitrogen and oxygen atoms in total. The number of amides is 1. The van der Waals surface area contributed by atoms with Crippen molar-refractivity contribution in [3.8, 4) is 0 Å². The molecule has 3 rings (SSSR count). The summed E-state index contributed by atoms with van der Waals surface area (Å²) in [7, 11) is 2.05. The first kappa shape index (κ1) is 18.0. The lowest BCUT2D eigenvalue weighted by atomic mass is 10.1. The zero-order valence-electron chi connectivity index (χ0n) is 14.7. The first-order valence-electron chi connectivity index (χ1n) is 8.56. The van der Waals surface area contributed by atoms with Crippen LogP contribution in [0.4, 0.5) is 4.39 Å². The van der Waals surface area contributed by atoms with E-state index in [0.29, 0.717) is 6.54 Å². The summed E-state index contributed by atoms with van der Waals surface area (Å²) in [6, 6.07) is 14.9. The summed E-state index contributed by atoms with van der Waals surface area (Å²) in [6.45, 7) is 4.12. The fraction of sp³-hybridized carbons (Fsp3) is 0.350. The van der Waals surface area contributed by atoms with Crippen LogP contribution >= 0.6 is 11.8 Å². The SMILES string of the molecule is Cc1ccc(C[NH+](C)CC(=O)N2CCS[C@H]2c2ccc(F)cc2)cc1. The van der Waals surface area contributed by atoms with Gasteiger partial charge in [-0.05, 0) is 24.6 Å². The average molecular weight is 359 g/mol. The van der Waals surface area contributed by atoms with Gasteiger partial charge in [-0.3, -0.25) is 4.79 Å². The Morgan fingerprint density at radius 3 is 2.56 bits per heavy atom. The van der Waals surface area contributed by atoms with Crippen LogP contribution in [0, 0.1) is 12.7 Å². The van der Waals surface area contributed by atoms with Crippen molar-refractivity contribution in [2.45, 2.75) is 18.8 Å². The van der Waals surface area contributed by atoms with Crippen molar-refractivity contribution >= 4 is 17.7 Å². The molecule has 0 aliphatic carbocycles. The van der Waals surface area contributed by atoms with Crippen LogP contribution in [0.15, 0.2) is 48.5 Å². The molecular weight excluding hydrogens is 335 g/mol. The van der Waals surface area contributed by atoms with Crippen molar-refractivity contribution in [2.24, 2.45) is 0 Å². The molecule has 2 aromatic carbocycles. The van der Waals surface area contributed by atoms with Crippen molar-refractivity contribution < 1.29 is 14.1 Å². The van der Waals surface area contributed by atoms with Gasteiger partial charge < -0.3 is 9.80 Å². The van der Waals surface area contributed by atoms with Gasteiger partial charge in [0.2, 0.25) is 0 Å². The number of aryl methyl sites for hydroxylation is 1. The third-order valence-corrected chi connectivity index (χ3v) is 5.71. The lowest BCUT2D eigenvalue weighted by Gasteiger charge is -2.25. The van der Waals surface area contributed by atoms with E-state index in [-0.39, 0.29) is 17.1 Å². The molecule has 0 spiro atoms. The van der Waals surface area contributed by atoms with E-state index in [0.717, 1.165) is 24.4 Å². The number of thioether (sulfide) groups is 1. The van der Waals surface area contributed by atoms with Crippen molar-refractivity contribution in [2.75, 3.05) is 25.9 Å². The number of nitrogens with one attached hydrogen (secondary N) is 1. The number of likely N-dealkylation sites (N-methyl/N-ethyl adjacent to an activating group) is 1. The highest BCUT2D eigenvalue weighted by Gasteiger charge is 2.31. The molecule has 25 heavy (non-hydrogen) atoms. The van der Waals surface area contributed by atoms with E-state index in [1.54, 1.807) is 23.9 Å². The Labute approximate surface area is 152 Å². The van der Waals surface area contributed by atoms with Crippen LogP contribution in [-0.2, 0) is 11.3 Å². The number of quaternary nitrogens is 1. The van der Waals surface area contributed by atoms with E-state index in [2.05, 4.69) is 31.2 Å². The van der Waals surface area contributed by atoms with Crippen LogP contribution in [0.1, 0.15) is 22.1 Å². The van der Waals surface area contributed by atoms with Crippen molar-refractivity contribution in [3.63, 3.8) is 0 Å². The minimum atomic E-state index is -0.244. The Bertz CT molecular complexity index is 717. The maximum Gasteiger partial charge on any atom is 0.278 e. The number of hydrogen-bond acceptors (Lipinski definition) is 2. The van der Waals surface area contributed by atoms with Crippen molar-refractivity contribution in [1.82, 2.24) is 4.90 Å². The quantitative estimate of drug-likeness (QED) is 0.887. The molecule has 1 fully saturated rings. The van der Waals surface area contributed by atoms with Crippen LogP contribution in [0.5, 0.6) is 0 Å². The highest BCUT2D eigenvalue weighted by Crippen LogP contribution is 2.37. The van der Waals surface area contributed by atoms with Gasteiger partial charge in [0.25, 0.3) is 5.91 Å². The summed E-state index contributed by atoms with van der Waals surface area (Å²) in [4.78, 5) is 15.9. The molecule has 1 heterocycles. The van der Waals surface area contributed by atoms with Crippen LogP contribution in [0.3, 0.4) is 0 Å². The van der Waals surface area contributed by atoms with E-state index in [1.165, 1.54) is 28.2 Å². The number of hydrogen-bond donors (Lipinski definition) is 1. The molecule has 0 aromatic heterocycles. The smallest absolute Gasteiger partial charge is 0.278 e. The molecule has 1 saturated heterocycles. The summed E-state index contributed by atoms with van der Waals surface area (Å²) in [6.07, 6.45) is 0. The second kappa shape index (κ2) is 8.02. The molecular formula is C20H24FN2OS+. The standard InChI is InChI=1S/C20H23FN2OS/c1-15-3-5-16(6-4-15)13-22(2)14-19(24)23-11-12-25-20(23)17-7-9-18(21)10-8-17/h3-10,20H,11-14H2,1-2H3/p+1/t20-/m0/s1. The molecule has 2 aromatic rings. The Hall–Kier alpha value is -1.85. The number of nitrogens with zero attached hydrogens (tertiary/aromatic N) is 1. The molecule has 1 amide bonds. The van der Waals surface area contributed by atoms with Gasteiger partial charge in [0, 0.05) is 17.9 Å². The predicted molar refractivity (Wildman–Crippen MR) is 99.9 cm³/mol. The molecule has 0 bridgehead atoms. The lowest BCUT2D eigenvalue weighted by molar-refractivity contribution is -0.885. The molecule has 0 saturated carbocycles. The summed E-state index contributed by atoms with van der Waals surface area (Å²) in [5.74, 6) is 0.834. The van der Waals surface area contributed by atoms with Gasteiger partial charge in [-0.15, -0.1) is 11.8 Å². The zero-order chi connectivity index (χ0) is 17.8. The third kappa shape index (κ3) is 4.61. The fourth-order valence-corrected chi connectivity index (χ4v) is 4.38. The van der Waals surface area contributed by atoms with Crippen LogP contribution in [-0.4, -0.2) is 36.7 Å². The molecule has 0 radical (unpaired) electrons. The third-order valence-electron chi connectivity index (χ3n) is 4.45. The summed E-state index contributed by atoms with van der Waals surface area (Å²) in [5.41, 5.74) is 3.48. The molecule has 5 heteroatoms. The zero-order valence-corrected chi connectivity index (χ0v) is 15.5. The Morgan fingerprint density at radius 2 is 1.88 bits per heavy atom. The minimum Gasteiger partial charge on any atom is -0.326 e. The number of halogens is 1. The summed E-state index contributed by atoms with van der Waals surface area (Å²) < 4.78 is 13.1. The van der Waals surface area contributed by atoms with Gasteiger partial charge in [0.15, 0.2) is 6.54 Å². The Balaban J connectivity index is 1.61. The first-order valence-corrected chi connectivity index (χ1v) is 9.61.